The zero-order chi connectivity index (χ0) is 22.9. The predicted molar refractivity (Wildman–Crippen MR) is 132 cm³/mol. The maximum absolute atomic E-state index is 13.7. The third-order valence-electron chi connectivity index (χ3n) is 5.43. The van der Waals surface area contributed by atoms with E-state index in [4.69, 9.17) is 28.3 Å². The van der Waals surface area contributed by atoms with Crippen molar-refractivity contribution in [2.45, 2.75) is 19.5 Å². The lowest BCUT2D eigenvalue weighted by atomic mass is 9.95. The van der Waals surface area contributed by atoms with E-state index < -0.39 is 0 Å². The average Bonchev–Trinajstić information content (AvgIpc) is 3.49. The first-order valence-corrected chi connectivity index (χ1v) is 11.8. The highest BCUT2D eigenvalue weighted by Crippen LogP contribution is 2.38. The highest BCUT2D eigenvalue weighted by molar-refractivity contribution is 7.80. The number of rotatable bonds is 5. The van der Waals surface area contributed by atoms with Gasteiger partial charge in [0, 0.05) is 21.2 Å². The number of nitrogens with zero attached hydrogens (tertiary/aromatic N) is 3. The molecule has 1 aliphatic rings. The molecular formula is C24H18ClFN4OS2. The van der Waals surface area contributed by atoms with Crippen molar-refractivity contribution in [1.82, 2.24) is 20.4 Å². The van der Waals surface area contributed by atoms with Gasteiger partial charge >= 0.3 is 0 Å². The summed E-state index contributed by atoms with van der Waals surface area (Å²) in [4.78, 5) is 7.81. The molecule has 2 aromatic carbocycles. The van der Waals surface area contributed by atoms with E-state index in [1.807, 2.05) is 47.5 Å². The minimum atomic E-state index is -0.361. The van der Waals surface area contributed by atoms with Gasteiger partial charge < -0.3 is 14.7 Å². The predicted octanol–water partition coefficient (Wildman–Crippen LogP) is 6.45. The van der Waals surface area contributed by atoms with Gasteiger partial charge in [-0.15, -0.1) is 11.3 Å². The smallest absolute Gasteiger partial charge is 0.258 e. The number of hydrogen-bond acceptors (Lipinski definition) is 5. The number of aromatic nitrogens is 2. The van der Waals surface area contributed by atoms with Crippen molar-refractivity contribution in [3.05, 3.63) is 98.9 Å². The molecule has 9 heteroatoms. The van der Waals surface area contributed by atoms with Gasteiger partial charge in [0.25, 0.3) is 5.89 Å². The highest BCUT2D eigenvalue weighted by atomic mass is 35.5. The minimum Gasteiger partial charge on any atom is -0.351 e. The van der Waals surface area contributed by atoms with E-state index in [0.717, 1.165) is 16.8 Å². The van der Waals surface area contributed by atoms with Gasteiger partial charge in [0.2, 0.25) is 5.82 Å². The van der Waals surface area contributed by atoms with Gasteiger partial charge in [0.15, 0.2) is 5.11 Å². The lowest BCUT2D eigenvalue weighted by molar-refractivity contribution is 0.396. The minimum absolute atomic E-state index is 0.310. The molecule has 33 heavy (non-hydrogen) atoms. The molecule has 0 saturated carbocycles. The Labute approximate surface area is 204 Å². The molecule has 1 unspecified atom stereocenters. The van der Waals surface area contributed by atoms with Gasteiger partial charge in [-0.05, 0) is 60.4 Å². The first-order chi connectivity index (χ1) is 16.0. The lowest BCUT2D eigenvalue weighted by Gasteiger charge is -2.37. The molecule has 5 nitrogen and oxygen atoms in total. The molecule has 1 aliphatic heterocycles. The van der Waals surface area contributed by atoms with E-state index in [1.165, 1.54) is 17.0 Å². The number of thiocarbonyl (C=S) groups is 1. The quantitative estimate of drug-likeness (QED) is 0.320. The zero-order valence-electron chi connectivity index (χ0n) is 17.5. The fourth-order valence-electron chi connectivity index (χ4n) is 3.79. The lowest BCUT2D eigenvalue weighted by Crippen LogP contribution is -2.45. The maximum atomic E-state index is 13.7. The fraction of sp³-hybridized carbons (Fsp3) is 0.125. The number of halogens is 2. The van der Waals surface area contributed by atoms with Gasteiger partial charge in [-0.3, -0.25) is 0 Å². The largest absolute Gasteiger partial charge is 0.351 e. The van der Waals surface area contributed by atoms with Crippen LogP contribution in [0.5, 0.6) is 0 Å². The summed E-state index contributed by atoms with van der Waals surface area (Å²) in [7, 11) is 0. The van der Waals surface area contributed by atoms with Crippen molar-refractivity contribution >= 4 is 45.8 Å². The Balaban J connectivity index is 1.60. The van der Waals surface area contributed by atoms with Crippen LogP contribution in [0.3, 0.4) is 0 Å². The normalized spacial score (nSPS) is 16.3. The second kappa shape index (κ2) is 9.05. The van der Waals surface area contributed by atoms with Crippen LogP contribution in [0.4, 0.5) is 4.39 Å². The van der Waals surface area contributed by atoms with Gasteiger partial charge in [-0.2, -0.15) is 4.98 Å². The van der Waals surface area contributed by atoms with Crippen LogP contribution in [0.15, 0.2) is 76.3 Å². The van der Waals surface area contributed by atoms with E-state index in [9.17, 15) is 4.39 Å². The first kappa shape index (κ1) is 21.8. The molecule has 166 valence electrons. The maximum Gasteiger partial charge on any atom is 0.258 e. The highest BCUT2D eigenvalue weighted by Gasteiger charge is 2.34. The van der Waals surface area contributed by atoms with Crippen LogP contribution in [0.2, 0.25) is 5.02 Å². The topological polar surface area (TPSA) is 54.2 Å². The standard InChI is InChI=1S/C24H18ClFN4OS2/c1-14-20(23-28-22(29-31-23)16-4-2-5-18(26)12-16)21(15-7-9-17(25)10-8-15)27-24(32)30(14)13-19-6-3-11-33-19/h2-12,21H,13H2,1H3,(H,27,32). The van der Waals surface area contributed by atoms with Crippen molar-refractivity contribution < 1.29 is 8.91 Å². The fourth-order valence-corrected chi connectivity index (χ4v) is 4.93. The number of thiophene rings is 1. The summed E-state index contributed by atoms with van der Waals surface area (Å²) in [5.41, 5.74) is 3.21. The average molecular weight is 497 g/mol. The molecule has 1 atom stereocenters. The van der Waals surface area contributed by atoms with Crippen LogP contribution in [0.25, 0.3) is 17.0 Å². The van der Waals surface area contributed by atoms with E-state index in [-0.39, 0.29) is 11.9 Å². The van der Waals surface area contributed by atoms with Gasteiger partial charge in [0.1, 0.15) is 5.82 Å². The Kier molecular flexibility index (Phi) is 5.97. The van der Waals surface area contributed by atoms with Crippen molar-refractivity contribution in [2.24, 2.45) is 0 Å². The first-order valence-electron chi connectivity index (χ1n) is 10.2. The third-order valence-corrected chi connectivity index (χ3v) is 6.88. The Morgan fingerprint density at radius 1 is 1.18 bits per heavy atom. The number of hydrogen-bond donors (Lipinski definition) is 1. The third kappa shape index (κ3) is 4.42. The summed E-state index contributed by atoms with van der Waals surface area (Å²) in [6.45, 7) is 2.61. The number of allylic oxidation sites excluding steroid dienone is 1. The molecule has 2 aromatic heterocycles. The summed E-state index contributed by atoms with van der Waals surface area (Å²) in [6, 6.07) is 17.4. The summed E-state index contributed by atoms with van der Waals surface area (Å²) in [6.07, 6.45) is 0. The molecule has 0 fully saturated rings. The number of benzene rings is 2. The van der Waals surface area contributed by atoms with Gasteiger partial charge in [0.05, 0.1) is 18.2 Å². The van der Waals surface area contributed by atoms with Crippen LogP contribution in [0, 0.1) is 5.82 Å². The molecule has 0 aliphatic carbocycles. The Morgan fingerprint density at radius 2 is 2.00 bits per heavy atom. The molecule has 3 heterocycles. The number of nitrogens with one attached hydrogen (secondary N) is 1. The van der Waals surface area contributed by atoms with Crippen molar-refractivity contribution in [2.75, 3.05) is 0 Å². The molecule has 5 rings (SSSR count). The van der Waals surface area contributed by atoms with Crippen LogP contribution < -0.4 is 5.32 Å². The molecular weight excluding hydrogens is 479 g/mol. The van der Waals surface area contributed by atoms with Crippen LogP contribution in [-0.2, 0) is 6.54 Å². The van der Waals surface area contributed by atoms with Crippen LogP contribution >= 0.6 is 35.2 Å². The van der Waals surface area contributed by atoms with E-state index in [0.29, 0.717) is 34.0 Å². The van der Waals surface area contributed by atoms with Crippen LogP contribution in [-0.4, -0.2) is 20.2 Å². The summed E-state index contributed by atoms with van der Waals surface area (Å²) in [5, 5.41) is 10.8. The van der Waals surface area contributed by atoms with Crippen molar-refractivity contribution in [3.8, 4) is 11.4 Å². The van der Waals surface area contributed by atoms with E-state index in [1.54, 1.807) is 23.5 Å². The van der Waals surface area contributed by atoms with Gasteiger partial charge in [-0.1, -0.05) is 47.1 Å². The van der Waals surface area contributed by atoms with E-state index >= 15 is 0 Å². The zero-order valence-corrected chi connectivity index (χ0v) is 19.8. The summed E-state index contributed by atoms with van der Waals surface area (Å²) < 4.78 is 19.4. The van der Waals surface area contributed by atoms with Crippen molar-refractivity contribution in [3.63, 3.8) is 0 Å². The Morgan fingerprint density at radius 3 is 2.73 bits per heavy atom. The molecule has 0 spiro atoms. The summed E-state index contributed by atoms with van der Waals surface area (Å²) >= 11 is 13.5. The molecule has 0 amide bonds. The SMILES string of the molecule is CC1=C(c2nc(-c3cccc(F)c3)no2)C(c2ccc(Cl)cc2)NC(=S)N1Cc1cccs1. The molecule has 0 saturated heterocycles. The molecule has 0 radical (unpaired) electrons. The molecule has 0 bridgehead atoms. The van der Waals surface area contributed by atoms with Crippen LogP contribution in [0.1, 0.15) is 29.3 Å². The molecule has 1 N–H and O–H groups in total. The Bertz CT molecular complexity index is 1330. The van der Waals surface area contributed by atoms with Crippen molar-refractivity contribution in [1.29, 1.82) is 0 Å². The second-order valence-electron chi connectivity index (χ2n) is 7.53. The summed E-state index contributed by atoms with van der Waals surface area (Å²) in [5.74, 6) is 0.301. The van der Waals surface area contributed by atoms with E-state index in [2.05, 4.69) is 21.5 Å². The van der Waals surface area contributed by atoms with Gasteiger partial charge in [-0.25, -0.2) is 4.39 Å². The molecule has 4 aromatic rings. The second-order valence-corrected chi connectivity index (χ2v) is 9.39. The monoisotopic (exact) mass is 496 g/mol. The Hall–Kier alpha value is -3.07.